The van der Waals surface area contributed by atoms with Gasteiger partial charge < -0.3 is 15.0 Å². The quantitative estimate of drug-likeness (QED) is 0.794. The lowest BCUT2D eigenvalue weighted by Gasteiger charge is -2.45. The van der Waals surface area contributed by atoms with Crippen molar-refractivity contribution in [3.8, 4) is 5.75 Å². The number of nitrogens with zero attached hydrogens (tertiary/aromatic N) is 1. The zero-order chi connectivity index (χ0) is 20.3. The smallest absolute Gasteiger partial charge is 0.224 e. The molecule has 1 atom stereocenters. The Morgan fingerprint density at radius 3 is 2.50 bits per heavy atom. The molecule has 0 saturated carbocycles. The standard InChI is InChI=1S/C26H32N2O2/c29-26(27-24-17-28-14-12-20(24)13-15-28)16-21-10-11-25(23-9-5-4-8-22(21)23)30-18-19-6-2-1-3-7-19/h1-3,6-7,10-11,20,24H,4-5,8-9,12-18H2,(H,27,29)/t24-/m1/s1. The average molecular weight is 405 g/mol. The molecule has 158 valence electrons. The third-order valence-electron chi connectivity index (χ3n) is 7.18. The zero-order valence-corrected chi connectivity index (χ0v) is 17.7. The first-order valence-corrected chi connectivity index (χ1v) is 11.6. The number of piperidine rings is 3. The maximum absolute atomic E-state index is 12.9. The maximum atomic E-state index is 12.9. The third kappa shape index (κ3) is 4.24. The highest BCUT2D eigenvalue weighted by atomic mass is 16.5. The van der Waals surface area contributed by atoms with Crippen LogP contribution in [-0.4, -0.2) is 36.5 Å². The van der Waals surface area contributed by atoms with Gasteiger partial charge in [-0.05, 0) is 85.9 Å². The Kier molecular flexibility index (Phi) is 5.76. The molecule has 30 heavy (non-hydrogen) atoms. The van der Waals surface area contributed by atoms with Crippen molar-refractivity contribution in [2.45, 2.75) is 57.6 Å². The van der Waals surface area contributed by atoms with E-state index in [4.69, 9.17) is 4.74 Å². The second-order valence-corrected chi connectivity index (χ2v) is 9.15. The molecule has 0 spiro atoms. The van der Waals surface area contributed by atoms with E-state index in [1.165, 1.54) is 61.0 Å². The van der Waals surface area contributed by atoms with Crippen LogP contribution in [0.25, 0.3) is 0 Å². The SMILES string of the molecule is O=C(Cc1ccc(OCc2ccccc2)c2c1CCCC2)N[C@@H]1CN2CCC1CC2. The Bertz CT molecular complexity index is 887. The summed E-state index contributed by atoms with van der Waals surface area (Å²) in [6, 6.07) is 14.9. The van der Waals surface area contributed by atoms with Crippen LogP contribution in [0.1, 0.15) is 47.9 Å². The van der Waals surface area contributed by atoms with Crippen LogP contribution in [0.5, 0.6) is 5.75 Å². The largest absolute Gasteiger partial charge is 0.489 e. The van der Waals surface area contributed by atoms with Crippen molar-refractivity contribution in [2.24, 2.45) is 5.92 Å². The molecule has 1 N–H and O–H groups in total. The second kappa shape index (κ2) is 8.81. The van der Waals surface area contributed by atoms with Crippen LogP contribution in [0.15, 0.2) is 42.5 Å². The summed E-state index contributed by atoms with van der Waals surface area (Å²) in [5.74, 6) is 1.84. The summed E-state index contributed by atoms with van der Waals surface area (Å²) in [6.07, 6.45) is 7.45. The lowest BCUT2D eigenvalue weighted by Crippen LogP contribution is -2.57. The third-order valence-corrected chi connectivity index (χ3v) is 7.18. The highest BCUT2D eigenvalue weighted by molar-refractivity contribution is 5.79. The molecule has 0 radical (unpaired) electrons. The van der Waals surface area contributed by atoms with Gasteiger partial charge >= 0.3 is 0 Å². The molecule has 2 bridgehead atoms. The van der Waals surface area contributed by atoms with E-state index >= 15 is 0 Å². The fourth-order valence-electron chi connectivity index (χ4n) is 5.50. The van der Waals surface area contributed by atoms with E-state index in [-0.39, 0.29) is 5.91 Å². The molecule has 4 heteroatoms. The van der Waals surface area contributed by atoms with Gasteiger partial charge in [-0.15, -0.1) is 0 Å². The van der Waals surface area contributed by atoms with E-state index in [1.807, 2.05) is 18.2 Å². The van der Waals surface area contributed by atoms with Crippen molar-refractivity contribution in [3.05, 3.63) is 64.7 Å². The van der Waals surface area contributed by atoms with Gasteiger partial charge in [0.05, 0.1) is 6.42 Å². The molecule has 0 unspecified atom stereocenters. The second-order valence-electron chi connectivity index (χ2n) is 9.15. The first-order chi connectivity index (χ1) is 14.8. The van der Waals surface area contributed by atoms with Crippen LogP contribution in [0.4, 0.5) is 0 Å². The molecule has 1 amide bonds. The topological polar surface area (TPSA) is 41.6 Å². The van der Waals surface area contributed by atoms with Crippen LogP contribution >= 0.6 is 0 Å². The molecule has 3 heterocycles. The van der Waals surface area contributed by atoms with Gasteiger partial charge in [0.15, 0.2) is 0 Å². The highest BCUT2D eigenvalue weighted by Gasteiger charge is 2.34. The number of amides is 1. The summed E-state index contributed by atoms with van der Waals surface area (Å²) in [4.78, 5) is 15.4. The summed E-state index contributed by atoms with van der Waals surface area (Å²) in [7, 11) is 0. The van der Waals surface area contributed by atoms with Gasteiger partial charge in [0.25, 0.3) is 0 Å². The Hall–Kier alpha value is -2.33. The van der Waals surface area contributed by atoms with Crippen LogP contribution in [0.2, 0.25) is 0 Å². The number of carbonyl (C=O) groups excluding carboxylic acids is 1. The Balaban J connectivity index is 1.27. The summed E-state index contributed by atoms with van der Waals surface area (Å²) in [5.41, 5.74) is 5.06. The molecule has 0 aromatic heterocycles. The van der Waals surface area contributed by atoms with E-state index in [0.717, 1.165) is 25.1 Å². The Morgan fingerprint density at radius 1 is 1.00 bits per heavy atom. The number of fused-ring (bicyclic) bond motifs is 4. The normalized spacial score (nSPS) is 24.9. The van der Waals surface area contributed by atoms with Gasteiger partial charge in [-0.25, -0.2) is 0 Å². The molecule has 1 aliphatic carbocycles. The predicted molar refractivity (Wildman–Crippen MR) is 119 cm³/mol. The number of rotatable bonds is 6. The fourth-order valence-corrected chi connectivity index (χ4v) is 5.50. The number of hydrogen-bond acceptors (Lipinski definition) is 3. The highest BCUT2D eigenvalue weighted by Crippen LogP contribution is 2.33. The van der Waals surface area contributed by atoms with Gasteiger partial charge in [0, 0.05) is 12.6 Å². The average Bonchev–Trinajstić information content (AvgIpc) is 2.80. The number of ether oxygens (including phenoxy) is 1. The number of hydrogen-bond donors (Lipinski definition) is 1. The van der Waals surface area contributed by atoms with E-state index < -0.39 is 0 Å². The van der Waals surface area contributed by atoms with E-state index in [1.54, 1.807) is 0 Å². The van der Waals surface area contributed by atoms with Crippen molar-refractivity contribution in [1.29, 1.82) is 0 Å². The molecule has 2 aromatic rings. The lowest BCUT2D eigenvalue weighted by atomic mass is 9.83. The molecule has 2 aromatic carbocycles. The first-order valence-electron chi connectivity index (χ1n) is 11.6. The maximum Gasteiger partial charge on any atom is 0.224 e. The van der Waals surface area contributed by atoms with Crippen molar-refractivity contribution in [3.63, 3.8) is 0 Å². The fraction of sp³-hybridized carbons (Fsp3) is 0.500. The van der Waals surface area contributed by atoms with Crippen LogP contribution in [0, 0.1) is 5.92 Å². The van der Waals surface area contributed by atoms with Crippen molar-refractivity contribution in [1.82, 2.24) is 10.2 Å². The molecule has 6 rings (SSSR count). The van der Waals surface area contributed by atoms with Gasteiger partial charge in [0.2, 0.25) is 5.91 Å². The van der Waals surface area contributed by atoms with Crippen molar-refractivity contribution >= 4 is 5.91 Å². The first kappa shape index (κ1) is 19.6. The van der Waals surface area contributed by atoms with Crippen LogP contribution < -0.4 is 10.1 Å². The van der Waals surface area contributed by atoms with Gasteiger partial charge in [-0.1, -0.05) is 36.4 Å². The minimum absolute atomic E-state index is 0.180. The monoisotopic (exact) mass is 404 g/mol. The molecular weight excluding hydrogens is 372 g/mol. The van der Waals surface area contributed by atoms with Gasteiger partial charge in [-0.3, -0.25) is 4.79 Å². The summed E-state index contributed by atoms with van der Waals surface area (Å²) >= 11 is 0. The van der Waals surface area contributed by atoms with Gasteiger partial charge in [0.1, 0.15) is 12.4 Å². The summed E-state index contributed by atoms with van der Waals surface area (Å²) in [6.45, 7) is 4.03. The number of benzene rings is 2. The molecule has 3 aliphatic heterocycles. The predicted octanol–water partition coefficient (Wildman–Crippen LogP) is 3.90. The van der Waals surface area contributed by atoms with Crippen LogP contribution in [-0.2, 0) is 30.7 Å². The molecule has 3 saturated heterocycles. The minimum atomic E-state index is 0.180. The van der Waals surface area contributed by atoms with E-state index in [0.29, 0.717) is 25.0 Å². The van der Waals surface area contributed by atoms with Crippen LogP contribution in [0.3, 0.4) is 0 Å². The molecular formula is C26H32N2O2. The zero-order valence-electron chi connectivity index (χ0n) is 17.7. The van der Waals surface area contributed by atoms with Crippen molar-refractivity contribution < 1.29 is 9.53 Å². The van der Waals surface area contributed by atoms with Gasteiger partial charge in [-0.2, -0.15) is 0 Å². The summed E-state index contributed by atoms with van der Waals surface area (Å²) in [5, 5.41) is 3.36. The molecule has 4 nitrogen and oxygen atoms in total. The molecule has 4 aliphatic rings. The molecule has 3 fully saturated rings. The Labute approximate surface area is 179 Å². The lowest BCUT2D eigenvalue weighted by molar-refractivity contribution is -0.122. The van der Waals surface area contributed by atoms with Crippen molar-refractivity contribution in [2.75, 3.05) is 19.6 Å². The van der Waals surface area contributed by atoms with E-state index in [2.05, 4.69) is 34.5 Å². The number of carbonyl (C=O) groups is 1. The number of nitrogens with one attached hydrogen (secondary N) is 1. The Morgan fingerprint density at radius 2 is 1.77 bits per heavy atom. The van der Waals surface area contributed by atoms with E-state index in [9.17, 15) is 4.79 Å². The summed E-state index contributed by atoms with van der Waals surface area (Å²) < 4.78 is 6.20. The minimum Gasteiger partial charge on any atom is -0.489 e.